The molecule has 0 amide bonds. The van der Waals surface area contributed by atoms with E-state index in [0.29, 0.717) is 0 Å². The first-order valence-electron chi connectivity index (χ1n) is 2.07. The topological polar surface area (TPSA) is 43.1 Å². The normalized spacial score (nSPS) is 16.3. The molecule has 0 aromatic carbocycles. The van der Waals surface area contributed by atoms with Crippen LogP contribution < -0.4 is 0 Å². The van der Waals surface area contributed by atoms with Gasteiger partial charge in [-0.1, -0.05) is 0 Å². The summed E-state index contributed by atoms with van der Waals surface area (Å²) in [6.45, 7) is 4.03. The van der Waals surface area contributed by atoms with Gasteiger partial charge in [0.05, 0.1) is 4.92 Å². The maximum Gasteiger partial charge on any atom is 0.285 e. The molecule has 0 aliphatic carbocycles. The lowest BCUT2D eigenvalue weighted by Gasteiger charge is -2.05. The van der Waals surface area contributed by atoms with Gasteiger partial charge in [-0.15, -0.1) is 0 Å². The van der Waals surface area contributed by atoms with Crippen LogP contribution in [0.1, 0.15) is 6.92 Å². The molecule has 0 aromatic heterocycles. The molecule has 0 aromatic rings. The quantitative estimate of drug-likeness (QED) is 0.322. The van der Waals surface area contributed by atoms with Crippen molar-refractivity contribution in [3.05, 3.63) is 22.4 Å². The van der Waals surface area contributed by atoms with Gasteiger partial charge in [0, 0.05) is 0 Å². The van der Waals surface area contributed by atoms with Crippen LogP contribution in [0.5, 0.6) is 0 Å². The molecule has 0 spiro atoms. The number of nitrogens with zero attached hydrogens (tertiary/aromatic N) is 1. The van der Waals surface area contributed by atoms with E-state index in [0.717, 1.165) is 6.92 Å². The molecule has 0 heterocycles. The molecule has 1 atom stereocenters. The van der Waals surface area contributed by atoms with Gasteiger partial charge in [-0.05, 0) is 36.1 Å². The summed E-state index contributed by atoms with van der Waals surface area (Å²) in [7, 11) is 0. The highest BCUT2D eigenvalue weighted by Gasteiger charge is 2.32. The minimum Gasteiger partial charge on any atom is -0.259 e. The zero-order chi connectivity index (χ0) is 7.65. The van der Waals surface area contributed by atoms with Gasteiger partial charge in [-0.3, -0.25) is 10.1 Å². The van der Waals surface area contributed by atoms with Crippen molar-refractivity contribution in [3.63, 3.8) is 0 Å². The average Bonchev–Trinajstić information content (AvgIpc) is 1.62. The van der Waals surface area contributed by atoms with Gasteiger partial charge >= 0.3 is 0 Å². The Morgan fingerprint density at radius 3 is 2.33 bits per heavy atom. The van der Waals surface area contributed by atoms with Crippen molar-refractivity contribution in [1.29, 1.82) is 0 Å². The number of nitro groups is 1. The molecule has 3 nitrogen and oxygen atoms in total. The highest BCUT2D eigenvalue weighted by atomic mass is 127. The Morgan fingerprint density at radius 1 is 2.00 bits per heavy atom. The van der Waals surface area contributed by atoms with Crippen molar-refractivity contribution in [1.82, 2.24) is 0 Å². The van der Waals surface area contributed by atoms with Gasteiger partial charge in [0.15, 0.2) is 0 Å². The van der Waals surface area contributed by atoms with E-state index in [4.69, 9.17) is 0 Å². The van der Waals surface area contributed by atoms with Gasteiger partial charge in [-0.25, -0.2) is 4.39 Å². The van der Waals surface area contributed by atoms with Gasteiger partial charge in [0.1, 0.15) is 0 Å². The number of hydrogen-bond acceptors (Lipinski definition) is 2. The van der Waals surface area contributed by atoms with Crippen LogP contribution in [0.4, 0.5) is 4.39 Å². The Balaban J connectivity index is 4.23. The largest absolute Gasteiger partial charge is 0.285 e. The van der Waals surface area contributed by atoms with Crippen molar-refractivity contribution < 1.29 is 9.31 Å². The maximum atomic E-state index is 12.5. The van der Waals surface area contributed by atoms with E-state index in [9.17, 15) is 14.5 Å². The lowest BCUT2D eigenvalue weighted by molar-refractivity contribution is -0.433. The SMILES string of the molecule is C=C([N+](=O)[O-])[C@@](C)(F)I. The number of halogens is 2. The molecule has 0 radical (unpaired) electrons. The van der Waals surface area contributed by atoms with Crippen molar-refractivity contribution in [2.45, 2.75) is 10.6 Å². The fourth-order valence-electron chi connectivity index (χ4n) is 0.160. The molecule has 0 unspecified atom stereocenters. The molecule has 0 aliphatic heterocycles. The predicted octanol–water partition coefficient (Wildman–Crippen LogP) is 1.90. The minimum atomic E-state index is -1.94. The second-order valence-electron chi connectivity index (χ2n) is 1.59. The van der Waals surface area contributed by atoms with Gasteiger partial charge in [-0.2, -0.15) is 0 Å². The van der Waals surface area contributed by atoms with Crippen LogP contribution in [-0.4, -0.2) is 8.60 Å². The van der Waals surface area contributed by atoms with Gasteiger partial charge in [0.25, 0.3) is 5.70 Å². The number of allylic oxidation sites excluding steroid dienone is 1. The number of hydrogen-bond donors (Lipinski definition) is 0. The van der Waals surface area contributed by atoms with Gasteiger partial charge in [0.2, 0.25) is 3.68 Å². The molecular formula is C4H5FINO2. The first-order valence-corrected chi connectivity index (χ1v) is 3.15. The molecule has 0 aliphatic rings. The Kier molecular flexibility index (Phi) is 2.53. The molecule has 52 valence electrons. The van der Waals surface area contributed by atoms with Crippen molar-refractivity contribution in [2.75, 3.05) is 0 Å². The summed E-state index contributed by atoms with van der Waals surface area (Å²) in [6, 6.07) is 0. The molecule has 0 bridgehead atoms. The molecule has 0 rings (SSSR count). The summed E-state index contributed by atoms with van der Waals surface area (Å²) in [4.78, 5) is 8.98. The lowest BCUT2D eigenvalue weighted by atomic mass is 10.3. The maximum absolute atomic E-state index is 12.5. The van der Waals surface area contributed by atoms with E-state index in [1.54, 1.807) is 0 Å². The Hall–Kier alpha value is -0.200. The molecule has 0 N–H and O–H groups in total. The van der Waals surface area contributed by atoms with Crippen LogP contribution in [-0.2, 0) is 0 Å². The summed E-state index contributed by atoms with van der Waals surface area (Å²) in [6.07, 6.45) is 0. The molecule has 0 fully saturated rings. The fraction of sp³-hybridized carbons (Fsp3) is 0.500. The first-order chi connectivity index (χ1) is 3.85. The highest BCUT2D eigenvalue weighted by Crippen LogP contribution is 2.27. The molecule has 5 heteroatoms. The second kappa shape index (κ2) is 2.59. The Labute approximate surface area is 65.2 Å². The molecule has 9 heavy (non-hydrogen) atoms. The van der Waals surface area contributed by atoms with Crippen molar-refractivity contribution in [3.8, 4) is 0 Å². The number of rotatable bonds is 2. The van der Waals surface area contributed by atoms with Crippen LogP contribution in [0.2, 0.25) is 0 Å². The van der Waals surface area contributed by atoms with E-state index in [1.165, 1.54) is 22.6 Å². The monoisotopic (exact) mass is 245 g/mol. The van der Waals surface area contributed by atoms with E-state index in [-0.39, 0.29) is 0 Å². The Bertz CT molecular complexity index is 151. The Morgan fingerprint density at radius 2 is 2.33 bits per heavy atom. The third kappa shape index (κ3) is 2.73. The smallest absolute Gasteiger partial charge is 0.259 e. The number of alkyl halides is 2. The second-order valence-corrected chi connectivity index (χ2v) is 3.62. The predicted molar refractivity (Wildman–Crippen MR) is 39.7 cm³/mol. The molecular weight excluding hydrogens is 240 g/mol. The zero-order valence-electron chi connectivity index (χ0n) is 4.73. The first kappa shape index (κ1) is 8.80. The third-order valence-corrected chi connectivity index (χ3v) is 1.35. The highest BCUT2D eigenvalue weighted by molar-refractivity contribution is 14.1. The summed E-state index contributed by atoms with van der Waals surface area (Å²) in [5.41, 5.74) is -0.622. The summed E-state index contributed by atoms with van der Waals surface area (Å²) in [5, 5.41) is 9.81. The lowest BCUT2D eigenvalue weighted by Crippen LogP contribution is -2.16. The van der Waals surface area contributed by atoms with Crippen LogP contribution in [0.15, 0.2) is 12.3 Å². The van der Waals surface area contributed by atoms with Gasteiger partial charge < -0.3 is 0 Å². The van der Waals surface area contributed by atoms with Crippen LogP contribution in [0.3, 0.4) is 0 Å². The van der Waals surface area contributed by atoms with E-state index >= 15 is 0 Å². The molecule has 0 saturated heterocycles. The standard InChI is InChI=1S/C4H5FINO2/c1-3(7(8)9)4(2,5)6/h1H2,2H3/t4-/m0/s1. The van der Waals surface area contributed by atoms with Crippen LogP contribution in [0, 0.1) is 10.1 Å². The van der Waals surface area contributed by atoms with E-state index in [1.807, 2.05) is 0 Å². The van der Waals surface area contributed by atoms with Crippen molar-refractivity contribution >= 4 is 22.6 Å². The third-order valence-electron chi connectivity index (χ3n) is 0.727. The van der Waals surface area contributed by atoms with Crippen LogP contribution >= 0.6 is 22.6 Å². The van der Waals surface area contributed by atoms with E-state index < -0.39 is 14.3 Å². The molecule has 0 saturated carbocycles. The minimum absolute atomic E-state index is 0.622. The summed E-state index contributed by atoms with van der Waals surface area (Å²) >= 11 is 1.31. The summed E-state index contributed by atoms with van der Waals surface area (Å²) < 4.78 is 10.5. The zero-order valence-corrected chi connectivity index (χ0v) is 6.88. The van der Waals surface area contributed by atoms with Crippen LogP contribution in [0.25, 0.3) is 0 Å². The van der Waals surface area contributed by atoms with Crippen molar-refractivity contribution in [2.24, 2.45) is 0 Å². The summed E-state index contributed by atoms with van der Waals surface area (Å²) in [5.74, 6) is 0. The average molecular weight is 245 g/mol. The van der Waals surface area contributed by atoms with E-state index in [2.05, 4.69) is 6.58 Å². The fourth-order valence-corrected chi connectivity index (χ4v) is 0.357.